The van der Waals surface area contributed by atoms with Gasteiger partial charge in [0.1, 0.15) is 10.5 Å². The third kappa shape index (κ3) is 4.38. The molecule has 4 aromatic heterocycles. The highest BCUT2D eigenvalue weighted by molar-refractivity contribution is 7.98. The lowest BCUT2D eigenvalue weighted by atomic mass is 10.2. The summed E-state index contributed by atoms with van der Waals surface area (Å²) in [4.78, 5) is 37.9. The van der Waals surface area contributed by atoms with Crippen molar-refractivity contribution in [1.82, 2.24) is 18.9 Å². The van der Waals surface area contributed by atoms with Crippen LogP contribution < -0.4 is 11.1 Å². The standard InChI is InChI=1S/C25H28N4O2S2/c1-3-4-5-6-12-28-24(31)22-18-8-7-9-19(18)33-23(22)27-25(28)32-15-17-13-21(30)29-14-16(2)10-11-20(29)26-17/h10-11,13-14H,3-9,12,15H2,1-2H3. The van der Waals surface area contributed by atoms with E-state index in [9.17, 15) is 9.59 Å². The minimum Gasteiger partial charge on any atom is -0.287 e. The highest BCUT2D eigenvalue weighted by Crippen LogP contribution is 2.36. The van der Waals surface area contributed by atoms with Crippen molar-refractivity contribution in [3.05, 3.63) is 66.8 Å². The third-order valence-corrected chi connectivity index (χ3v) is 8.43. The maximum atomic E-state index is 13.6. The monoisotopic (exact) mass is 480 g/mol. The predicted octanol–water partition coefficient (Wildman–Crippen LogP) is 5.14. The molecule has 5 rings (SSSR count). The number of thioether (sulfide) groups is 1. The minimum atomic E-state index is -0.0886. The number of rotatable bonds is 8. The summed E-state index contributed by atoms with van der Waals surface area (Å²) in [5.74, 6) is 0.498. The predicted molar refractivity (Wildman–Crippen MR) is 136 cm³/mol. The molecule has 0 unspecified atom stereocenters. The van der Waals surface area contributed by atoms with E-state index in [-0.39, 0.29) is 11.1 Å². The quantitative estimate of drug-likeness (QED) is 0.199. The number of hydrogen-bond acceptors (Lipinski definition) is 6. The summed E-state index contributed by atoms with van der Waals surface area (Å²) in [6.45, 7) is 4.83. The van der Waals surface area contributed by atoms with Crippen LogP contribution in [0.15, 0.2) is 39.1 Å². The van der Waals surface area contributed by atoms with E-state index in [0.717, 1.165) is 59.5 Å². The van der Waals surface area contributed by atoms with E-state index in [1.807, 2.05) is 23.6 Å². The van der Waals surface area contributed by atoms with Gasteiger partial charge >= 0.3 is 0 Å². The van der Waals surface area contributed by atoms with E-state index >= 15 is 0 Å². The molecule has 0 saturated carbocycles. The molecule has 1 aliphatic rings. The van der Waals surface area contributed by atoms with E-state index in [2.05, 4.69) is 11.9 Å². The molecule has 8 heteroatoms. The highest BCUT2D eigenvalue weighted by Gasteiger charge is 2.23. The summed E-state index contributed by atoms with van der Waals surface area (Å²) in [7, 11) is 0. The van der Waals surface area contributed by atoms with Crippen LogP contribution in [-0.4, -0.2) is 18.9 Å². The van der Waals surface area contributed by atoms with Crippen molar-refractivity contribution < 1.29 is 0 Å². The number of nitrogens with zero attached hydrogens (tertiary/aromatic N) is 4. The summed E-state index contributed by atoms with van der Waals surface area (Å²) < 4.78 is 3.44. The fourth-order valence-corrected chi connectivity index (χ4v) is 6.75. The molecular formula is C25H28N4O2S2. The molecule has 0 amide bonds. The number of unbranched alkanes of at least 4 members (excludes halogenated alkanes) is 3. The Labute approximate surface area is 200 Å². The average Bonchev–Trinajstić information content (AvgIpc) is 3.38. The first kappa shape index (κ1) is 22.3. The van der Waals surface area contributed by atoms with Crippen molar-refractivity contribution in [3.8, 4) is 0 Å². The van der Waals surface area contributed by atoms with Crippen molar-refractivity contribution in [3.63, 3.8) is 0 Å². The van der Waals surface area contributed by atoms with Crippen LogP contribution >= 0.6 is 23.1 Å². The molecule has 1 aliphatic carbocycles. The molecule has 4 heterocycles. The molecule has 0 atom stereocenters. The molecule has 6 nitrogen and oxygen atoms in total. The Morgan fingerprint density at radius 2 is 2.00 bits per heavy atom. The van der Waals surface area contributed by atoms with E-state index in [0.29, 0.717) is 23.6 Å². The molecule has 0 spiro atoms. The topological polar surface area (TPSA) is 69.3 Å². The summed E-state index contributed by atoms with van der Waals surface area (Å²) in [6.07, 6.45) is 9.39. The summed E-state index contributed by atoms with van der Waals surface area (Å²) in [5.41, 5.74) is 3.59. The van der Waals surface area contributed by atoms with E-state index in [1.165, 1.54) is 28.6 Å². The lowest BCUT2D eigenvalue weighted by Crippen LogP contribution is -2.23. The Morgan fingerprint density at radius 1 is 1.12 bits per heavy atom. The van der Waals surface area contributed by atoms with Crippen molar-refractivity contribution >= 4 is 39.0 Å². The largest absolute Gasteiger partial charge is 0.287 e. The Hall–Kier alpha value is -2.45. The molecule has 0 radical (unpaired) electrons. The molecule has 172 valence electrons. The van der Waals surface area contributed by atoms with Crippen LogP contribution in [0, 0.1) is 6.92 Å². The third-order valence-electron chi connectivity index (χ3n) is 6.23. The maximum absolute atomic E-state index is 13.6. The lowest BCUT2D eigenvalue weighted by molar-refractivity contribution is 0.531. The van der Waals surface area contributed by atoms with Crippen molar-refractivity contribution in [2.45, 2.75) is 76.2 Å². The number of fused-ring (bicyclic) bond motifs is 4. The Morgan fingerprint density at radius 3 is 2.85 bits per heavy atom. The van der Waals surface area contributed by atoms with Gasteiger partial charge in [0.05, 0.1) is 11.1 Å². The molecular weight excluding hydrogens is 452 g/mol. The SMILES string of the molecule is CCCCCCn1c(SCc2cc(=O)n3cc(C)ccc3n2)nc2sc3c(c2c1=O)CCC3. The van der Waals surface area contributed by atoms with Gasteiger partial charge in [-0.25, -0.2) is 9.97 Å². The average molecular weight is 481 g/mol. The van der Waals surface area contributed by atoms with Gasteiger partial charge in [0, 0.05) is 29.4 Å². The second-order valence-corrected chi connectivity index (χ2v) is 10.8. The molecule has 0 fully saturated rings. The zero-order valence-electron chi connectivity index (χ0n) is 19.1. The Kier molecular flexibility index (Phi) is 6.38. The molecule has 4 aromatic rings. The second kappa shape index (κ2) is 9.43. The van der Waals surface area contributed by atoms with Crippen LogP contribution in [0.2, 0.25) is 0 Å². The van der Waals surface area contributed by atoms with Gasteiger partial charge in [-0.3, -0.25) is 18.6 Å². The lowest BCUT2D eigenvalue weighted by Gasteiger charge is -2.12. The van der Waals surface area contributed by atoms with Crippen LogP contribution in [0.25, 0.3) is 15.9 Å². The summed E-state index contributed by atoms with van der Waals surface area (Å²) in [5, 5.41) is 1.57. The van der Waals surface area contributed by atoms with Crippen LogP contribution in [0.4, 0.5) is 0 Å². The number of pyridine rings is 1. The van der Waals surface area contributed by atoms with Crippen molar-refractivity contribution in [1.29, 1.82) is 0 Å². The Balaban J connectivity index is 1.49. The zero-order valence-corrected chi connectivity index (χ0v) is 20.7. The van der Waals surface area contributed by atoms with Gasteiger partial charge in [-0.05, 0) is 49.8 Å². The normalized spacial score (nSPS) is 13.3. The van der Waals surface area contributed by atoms with Gasteiger partial charge < -0.3 is 0 Å². The minimum absolute atomic E-state index is 0.0886. The van der Waals surface area contributed by atoms with E-state index in [1.54, 1.807) is 28.0 Å². The van der Waals surface area contributed by atoms with Gasteiger partial charge in [-0.2, -0.15) is 0 Å². The fraction of sp³-hybridized carbons (Fsp3) is 0.440. The molecule has 0 N–H and O–H groups in total. The van der Waals surface area contributed by atoms with Crippen molar-refractivity contribution in [2.75, 3.05) is 0 Å². The first-order valence-electron chi connectivity index (χ1n) is 11.7. The molecule has 0 aliphatic heterocycles. The van der Waals surface area contributed by atoms with Crippen LogP contribution in [-0.2, 0) is 25.1 Å². The zero-order chi connectivity index (χ0) is 22.9. The van der Waals surface area contributed by atoms with Gasteiger partial charge in [-0.15, -0.1) is 11.3 Å². The smallest absolute Gasteiger partial charge is 0.263 e. The van der Waals surface area contributed by atoms with E-state index < -0.39 is 0 Å². The second-order valence-electron chi connectivity index (χ2n) is 8.76. The summed E-state index contributed by atoms with van der Waals surface area (Å²) >= 11 is 3.18. The molecule has 33 heavy (non-hydrogen) atoms. The van der Waals surface area contributed by atoms with Gasteiger partial charge in [0.2, 0.25) is 0 Å². The van der Waals surface area contributed by atoms with Crippen LogP contribution in [0.3, 0.4) is 0 Å². The first-order valence-corrected chi connectivity index (χ1v) is 13.5. The summed E-state index contributed by atoms with van der Waals surface area (Å²) in [6, 6.07) is 5.41. The Bertz CT molecular complexity index is 1450. The van der Waals surface area contributed by atoms with Crippen LogP contribution in [0.5, 0.6) is 0 Å². The van der Waals surface area contributed by atoms with E-state index in [4.69, 9.17) is 4.98 Å². The molecule has 0 aromatic carbocycles. The number of hydrogen-bond donors (Lipinski definition) is 0. The number of aryl methyl sites for hydroxylation is 3. The van der Waals surface area contributed by atoms with Gasteiger partial charge in [0.15, 0.2) is 5.16 Å². The number of aromatic nitrogens is 4. The fourth-order valence-electron chi connectivity index (χ4n) is 4.53. The number of thiophene rings is 1. The highest BCUT2D eigenvalue weighted by atomic mass is 32.2. The molecule has 0 bridgehead atoms. The first-order chi connectivity index (χ1) is 16.0. The van der Waals surface area contributed by atoms with Crippen molar-refractivity contribution in [2.24, 2.45) is 0 Å². The maximum Gasteiger partial charge on any atom is 0.263 e. The van der Waals surface area contributed by atoms with Crippen LogP contribution in [0.1, 0.15) is 60.7 Å². The van der Waals surface area contributed by atoms with Gasteiger partial charge in [-0.1, -0.05) is 44.0 Å². The van der Waals surface area contributed by atoms with Gasteiger partial charge in [0.25, 0.3) is 11.1 Å². The molecule has 0 saturated heterocycles.